The van der Waals surface area contributed by atoms with Crippen LogP contribution in [0.2, 0.25) is 0 Å². The molecule has 3 aromatic rings. The van der Waals surface area contributed by atoms with Crippen LogP contribution >= 0.6 is 0 Å². The van der Waals surface area contributed by atoms with Gasteiger partial charge in [0.2, 0.25) is 0 Å². The molecule has 0 unspecified atom stereocenters. The van der Waals surface area contributed by atoms with E-state index >= 15 is 0 Å². The number of benzene rings is 2. The fourth-order valence-electron chi connectivity index (χ4n) is 3.06. The Morgan fingerprint density at radius 1 is 1.18 bits per heavy atom. The van der Waals surface area contributed by atoms with Crippen LogP contribution in [0.1, 0.15) is 41.7 Å². The molecule has 12 heteroatoms. The van der Waals surface area contributed by atoms with Crippen molar-refractivity contribution in [2.45, 2.75) is 38.8 Å². The van der Waals surface area contributed by atoms with Gasteiger partial charge in [-0.3, -0.25) is 4.57 Å². The number of aromatic nitrogens is 3. The van der Waals surface area contributed by atoms with E-state index in [9.17, 15) is 32.3 Å². The molecule has 2 atom stereocenters. The van der Waals surface area contributed by atoms with E-state index in [-0.39, 0.29) is 12.4 Å². The largest absolute Gasteiger partial charge is 0.480 e. The first kappa shape index (κ1) is 25.0. The molecule has 34 heavy (non-hydrogen) atoms. The smallest absolute Gasteiger partial charge is 0.425 e. The van der Waals surface area contributed by atoms with Gasteiger partial charge < -0.3 is 14.6 Å². The average molecular weight is 483 g/mol. The molecule has 2 aromatic carbocycles. The van der Waals surface area contributed by atoms with Crippen LogP contribution in [0, 0.1) is 5.82 Å². The van der Waals surface area contributed by atoms with E-state index < -0.39 is 52.9 Å². The van der Waals surface area contributed by atoms with Crippen LogP contribution in [0.4, 0.5) is 17.6 Å². The third kappa shape index (κ3) is 5.28. The van der Waals surface area contributed by atoms with E-state index in [4.69, 9.17) is 9.47 Å². The maximum atomic E-state index is 14.8. The zero-order valence-electron chi connectivity index (χ0n) is 18.3. The molecule has 0 spiro atoms. The number of carboxylic acids is 1. The van der Waals surface area contributed by atoms with E-state index in [0.717, 1.165) is 10.1 Å². The van der Waals surface area contributed by atoms with Crippen LogP contribution in [-0.2, 0) is 18.4 Å². The van der Waals surface area contributed by atoms with Gasteiger partial charge >= 0.3 is 17.8 Å². The lowest BCUT2D eigenvalue weighted by atomic mass is 10.1. The fourth-order valence-corrected chi connectivity index (χ4v) is 3.06. The summed E-state index contributed by atoms with van der Waals surface area (Å²) in [4.78, 5) is 24.2. The molecule has 1 N–H and O–H groups in total. The Balaban J connectivity index is 1.98. The predicted molar refractivity (Wildman–Crippen MR) is 112 cm³/mol. The number of halogens is 4. The van der Waals surface area contributed by atoms with E-state index in [1.54, 1.807) is 6.92 Å². The van der Waals surface area contributed by atoms with Crippen LogP contribution < -0.4 is 10.4 Å². The van der Waals surface area contributed by atoms with Gasteiger partial charge in [0.1, 0.15) is 28.9 Å². The van der Waals surface area contributed by atoms with Gasteiger partial charge in [-0.05, 0) is 25.5 Å². The van der Waals surface area contributed by atoms with Crippen molar-refractivity contribution in [2.24, 2.45) is 7.05 Å². The van der Waals surface area contributed by atoms with Gasteiger partial charge in [0.25, 0.3) is 0 Å². The van der Waals surface area contributed by atoms with Crippen LogP contribution in [0.5, 0.6) is 5.75 Å². The summed E-state index contributed by atoms with van der Waals surface area (Å²) in [6, 6.07) is 10.4. The molecule has 1 aromatic heterocycles. The van der Waals surface area contributed by atoms with Crippen LogP contribution in [0.3, 0.4) is 0 Å². The normalized spacial score (nSPS) is 13.5. The topological polar surface area (TPSA) is 95.6 Å². The summed E-state index contributed by atoms with van der Waals surface area (Å²) in [5.41, 5.74) is -1.35. The molecular weight excluding hydrogens is 462 g/mol. The summed E-state index contributed by atoms with van der Waals surface area (Å²) >= 11 is 0. The number of hydrogen-bond acceptors (Lipinski definition) is 5. The molecule has 0 aliphatic heterocycles. The van der Waals surface area contributed by atoms with Gasteiger partial charge in [0.15, 0.2) is 11.9 Å². The van der Waals surface area contributed by atoms with Gasteiger partial charge in [-0.1, -0.05) is 30.3 Å². The van der Waals surface area contributed by atoms with Crippen LogP contribution in [0.25, 0.3) is 5.69 Å². The Hall–Kier alpha value is -3.67. The quantitative estimate of drug-likeness (QED) is 0.487. The van der Waals surface area contributed by atoms with Crippen molar-refractivity contribution < 1.29 is 36.9 Å². The number of alkyl halides is 3. The predicted octanol–water partition coefficient (Wildman–Crippen LogP) is 4.02. The van der Waals surface area contributed by atoms with Gasteiger partial charge in [0, 0.05) is 13.1 Å². The zero-order valence-corrected chi connectivity index (χ0v) is 18.3. The highest BCUT2D eigenvalue weighted by Crippen LogP contribution is 2.30. The molecule has 0 amide bonds. The molecule has 8 nitrogen and oxygen atoms in total. The Kier molecular flexibility index (Phi) is 7.10. The summed E-state index contributed by atoms with van der Waals surface area (Å²) in [6.45, 7) is 2.50. The molecule has 0 fully saturated rings. The first-order valence-electron chi connectivity index (χ1n) is 10.0. The van der Waals surface area contributed by atoms with Crippen molar-refractivity contribution in [1.82, 2.24) is 14.3 Å². The molecule has 1 heterocycles. The van der Waals surface area contributed by atoms with E-state index in [1.165, 1.54) is 7.05 Å². The standard InChI is InChI=1S/C22H21F4N3O5/c1-12(33-11-14-7-5-4-6-8-14)19-27-29(21(32)28(19)3)17-10-18(34-13(2)22(24,25)26)15(20(30)31)9-16(17)23/h4-10,12-13H,11H2,1-3H3,(H,30,31)/t12-,13-/m0/s1. The molecule has 0 saturated carbocycles. The van der Waals surface area contributed by atoms with Crippen molar-refractivity contribution in [2.75, 3.05) is 0 Å². The molecule has 182 valence electrons. The highest BCUT2D eigenvalue weighted by molar-refractivity contribution is 5.91. The zero-order chi connectivity index (χ0) is 25.2. The maximum absolute atomic E-state index is 14.8. The Morgan fingerprint density at radius 3 is 2.41 bits per heavy atom. The Morgan fingerprint density at radius 2 is 1.82 bits per heavy atom. The number of hydrogen-bond donors (Lipinski definition) is 1. The molecule has 0 radical (unpaired) electrons. The van der Waals surface area contributed by atoms with Crippen LogP contribution in [0.15, 0.2) is 47.3 Å². The lowest BCUT2D eigenvalue weighted by Gasteiger charge is -2.19. The number of ether oxygens (including phenoxy) is 2. The molecule has 0 bridgehead atoms. The highest BCUT2D eigenvalue weighted by atomic mass is 19.4. The first-order valence-corrected chi connectivity index (χ1v) is 10.0. The molecule has 0 aliphatic carbocycles. The minimum Gasteiger partial charge on any atom is -0.480 e. The minimum atomic E-state index is -4.80. The third-order valence-corrected chi connectivity index (χ3v) is 4.99. The summed E-state index contributed by atoms with van der Waals surface area (Å²) in [6.07, 6.45) is -7.89. The minimum absolute atomic E-state index is 0.119. The lowest BCUT2D eigenvalue weighted by molar-refractivity contribution is -0.189. The fraction of sp³-hybridized carbons (Fsp3) is 0.318. The number of nitrogens with zero attached hydrogens (tertiary/aromatic N) is 3. The lowest BCUT2D eigenvalue weighted by Crippen LogP contribution is -2.32. The van der Waals surface area contributed by atoms with Crippen molar-refractivity contribution in [3.05, 3.63) is 75.7 Å². The third-order valence-electron chi connectivity index (χ3n) is 4.99. The number of carboxylic acid groups (broad SMARTS) is 1. The number of aromatic carboxylic acids is 1. The van der Waals surface area contributed by atoms with E-state index in [1.807, 2.05) is 30.3 Å². The van der Waals surface area contributed by atoms with Gasteiger partial charge in [-0.25, -0.2) is 14.0 Å². The first-order chi connectivity index (χ1) is 15.9. The molecule has 0 aliphatic rings. The van der Waals surface area contributed by atoms with Crippen LogP contribution in [-0.4, -0.2) is 37.7 Å². The van der Waals surface area contributed by atoms with E-state index in [2.05, 4.69) is 5.10 Å². The van der Waals surface area contributed by atoms with Gasteiger partial charge in [-0.15, -0.1) is 5.10 Å². The Bertz CT molecular complexity index is 1240. The summed E-state index contributed by atoms with van der Waals surface area (Å²) < 4.78 is 65.8. The van der Waals surface area contributed by atoms with Crippen molar-refractivity contribution in [3.63, 3.8) is 0 Å². The van der Waals surface area contributed by atoms with Crippen molar-refractivity contribution in [1.29, 1.82) is 0 Å². The second kappa shape index (κ2) is 9.67. The molecule has 3 rings (SSSR count). The highest BCUT2D eigenvalue weighted by Gasteiger charge is 2.39. The van der Waals surface area contributed by atoms with Crippen molar-refractivity contribution in [3.8, 4) is 11.4 Å². The average Bonchev–Trinajstić information content (AvgIpc) is 3.07. The number of rotatable bonds is 8. The molecular formula is C22H21F4N3O5. The van der Waals surface area contributed by atoms with Crippen molar-refractivity contribution >= 4 is 5.97 Å². The van der Waals surface area contributed by atoms with Gasteiger partial charge in [0.05, 0.1) is 6.61 Å². The summed E-state index contributed by atoms with van der Waals surface area (Å²) in [7, 11) is 1.37. The number of carbonyl (C=O) groups is 1. The van der Waals surface area contributed by atoms with E-state index in [0.29, 0.717) is 23.7 Å². The summed E-state index contributed by atoms with van der Waals surface area (Å²) in [5, 5.41) is 13.3. The summed E-state index contributed by atoms with van der Waals surface area (Å²) in [5.74, 6) is -3.53. The SMILES string of the molecule is C[C@H](OCc1ccccc1)c1nn(-c2cc(O[C@@H](C)C(F)(F)F)c(C(=O)O)cc2F)c(=O)n1C. The monoisotopic (exact) mass is 483 g/mol. The second-order valence-corrected chi connectivity index (χ2v) is 7.46. The second-order valence-electron chi connectivity index (χ2n) is 7.46. The Labute approximate surface area is 191 Å². The van der Waals surface area contributed by atoms with Gasteiger partial charge in [-0.2, -0.15) is 17.9 Å². The maximum Gasteiger partial charge on any atom is 0.425 e. The molecule has 0 saturated heterocycles.